The number of benzene rings is 2. The van der Waals surface area contributed by atoms with Crippen LogP contribution in [0.3, 0.4) is 0 Å². The lowest BCUT2D eigenvalue weighted by Gasteiger charge is -2.32. The molecule has 0 saturated carbocycles. The Morgan fingerprint density at radius 3 is 2.68 bits per heavy atom. The molecule has 126 valence electrons. The average Bonchev–Trinajstić information content (AvgIpc) is 3.01. The summed E-state index contributed by atoms with van der Waals surface area (Å²) in [5.74, 6) is 0. The Bertz CT molecular complexity index is 960. The minimum absolute atomic E-state index is 0.1000. The molecule has 25 heavy (non-hydrogen) atoms. The zero-order valence-corrected chi connectivity index (χ0v) is 16.7. The molecule has 1 aliphatic heterocycles. The number of fused-ring (bicyclic) bond motifs is 3. The van der Waals surface area contributed by atoms with Gasteiger partial charge in [0.15, 0.2) is 10.3 Å². The van der Waals surface area contributed by atoms with Crippen molar-refractivity contribution in [3.63, 3.8) is 0 Å². The number of thioether (sulfide) groups is 1. The second-order valence-corrected chi connectivity index (χ2v) is 10.1. The van der Waals surface area contributed by atoms with Crippen molar-refractivity contribution in [3.05, 3.63) is 64.5 Å². The molecular formula is C20H18NOS3+. The Morgan fingerprint density at radius 2 is 1.92 bits per heavy atom. The van der Waals surface area contributed by atoms with E-state index in [4.69, 9.17) is 0 Å². The molecule has 1 aliphatic rings. The Morgan fingerprint density at radius 1 is 1.16 bits per heavy atom. The van der Waals surface area contributed by atoms with E-state index in [9.17, 15) is 4.79 Å². The standard InChI is InChI=1S/C20H18NOS3/c1-12-9-10-15-14(11-12)16-17(20(2,3)21-15)24-25-19(16)23-18(22)13-7-5-4-6-8-13/h4-11,21H,1-3H3/q+1. The number of aryl methyl sites for hydroxylation is 1. The highest BCUT2D eigenvalue weighted by Crippen LogP contribution is 2.53. The molecule has 4 rings (SSSR count). The van der Waals surface area contributed by atoms with Gasteiger partial charge in [0.25, 0.3) is 4.21 Å². The largest absolute Gasteiger partial charge is 0.375 e. The van der Waals surface area contributed by atoms with E-state index in [1.165, 1.54) is 33.3 Å². The predicted octanol–water partition coefficient (Wildman–Crippen LogP) is 6.66. The molecular weight excluding hydrogens is 366 g/mol. The molecule has 0 atom stereocenters. The van der Waals surface area contributed by atoms with E-state index in [1.54, 1.807) is 20.7 Å². The quantitative estimate of drug-likeness (QED) is 0.304. The number of carbonyl (C=O) groups excluding carboxylic acids is 1. The highest BCUT2D eigenvalue weighted by molar-refractivity contribution is 8.16. The number of hydrogen-bond donors (Lipinski definition) is 1. The molecule has 0 aliphatic carbocycles. The van der Waals surface area contributed by atoms with Crippen LogP contribution in [0, 0.1) is 6.92 Å². The van der Waals surface area contributed by atoms with Gasteiger partial charge in [-0.05, 0) is 32.9 Å². The van der Waals surface area contributed by atoms with E-state index in [0.717, 1.165) is 15.5 Å². The molecule has 2 aromatic carbocycles. The zero-order valence-electron chi connectivity index (χ0n) is 14.3. The van der Waals surface area contributed by atoms with Gasteiger partial charge in [0.1, 0.15) is 4.88 Å². The lowest BCUT2D eigenvalue weighted by Crippen LogP contribution is -2.30. The zero-order chi connectivity index (χ0) is 17.6. The highest BCUT2D eigenvalue weighted by atomic mass is 32.9. The number of rotatable bonds is 2. The summed E-state index contributed by atoms with van der Waals surface area (Å²) in [6.07, 6.45) is 0. The Labute approximate surface area is 159 Å². The summed E-state index contributed by atoms with van der Waals surface area (Å²) in [5, 5.41) is 3.74. The van der Waals surface area contributed by atoms with E-state index in [2.05, 4.69) is 44.3 Å². The van der Waals surface area contributed by atoms with Crippen LogP contribution in [0.4, 0.5) is 5.69 Å². The van der Waals surface area contributed by atoms with Gasteiger partial charge in [-0.15, -0.1) is 0 Å². The van der Waals surface area contributed by atoms with Crippen molar-refractivity contribution in [1.29, 1.82) is 0 Å². The number of carbonyl (C=O) groups is 1. The van der Waals surface area contributed by atoms with Gasteiger partial charge in [0.2, 0.25) is 5.12 Å². The smallest absolute Gasteiger partial charge is 0.309 e. The van der Waals surface area contributed by atoms with Crippen LogP contribution in [0.2, 0.25) is 0 Å². The van der Waals surface area contributed by atoms with Crippen LogP contribution in [0.1, 0.15) is 34.6 Å². The van der Waals surface area contributed by atoms with Gasteiger partial charge in [-0.1, -0.05) is 42.0 Å². The number of hydrogen-bond acceptors (Lipinski definition) is 4. The third-order valence-corrected chi connectivity index (χ3v) is 8.48. The molecule has 0 bridgehead atoms. The Kier molecular flexibility index (Phi) is 4.18. The SMILES string of the molecule is Cc1ccc2c(c1)-c1c(s[s+]c1SC(=O)c1ccccc1)C(C)(C)N2. The molecule has 2 heterocycles. The minimum atomic E-state index is -0.132. The first-order valence-corrected chi connectivity index (χ1v) is 11.1. The van der Waals surface area contributed by atoms with Gasteiger partial charge in [-0.2, -0.15) is 0 Å². The van der Waals surface area contributed by atoms with Crippen LogP contribution in [0.5, 0.6) is 0 Å². The van der Waals surface area contributed by atoms with Crippen molar-refractivity contribution >= 4 is 43.2 Å². The number of nitrogens with one attached hydrogen (secondary N) is 1. The molecule has 3 aromatic rings. The van der Waals surface area contributed by atoms with Crippen LogP contribution < -0.4 is 5.32 Å². The maximum absolute atomic E-state index is 12.7. The van der Waals surface area contributed by atoms with Crippen LogP contribution in [0.15, 0.2) is 52.7 Å². The maximum atomic E-state index is 12.7. The van der Waals surface area contributed by atoms with E-state index in [0.29, 0.717) is 0 Å². The normalized spacial score (nSPS) is 14.4. The molecule has 2 nitrogen and oxygen atoms in total. The fourth-order valence-corrected chi connectivity index (χ4v) is 7.51. The topological polar surface area (TPSA) is 29.1 Å². The number of anilines is 1. The Balaban J connectivity index is 1.80. The van der Waals surface area contributed by atoms with E-state index >= 15 is 0 Å². The summed E-state index contributed by atoms with van der Waals surface area (Å²) >= 11 is 1.35. The van der Waals surface area contributed by atoms with Crippen molar-refractivity contribution in [2.75, 3.05) is 5.32 Å². The van der Waals surface area contributed by atoms with E-state index in [-0.39, 0.29) is 10.7 Å². The first-order chi connectivity index (χ1) is 12.0. The minimum Gasteiger partial charge on any atom is -0.375 e. The van der Waals surface area contributed by atoms with Crippen molar-refractivity contribution in [2.45, 2.75) is 30.5 Å². The first-order valence-electron chi connectivity index (χ1n) is 8.09. The summed E-state index contributed by atoms with van der Waals surface area (Å²) in [5.41, 5.74) is 5.42. The fraction of sp³-hybridized carbons (Fsp3) is 0.200. The van der Waals surface area contributed by atoms with Crippen LogP contribution in [-0.4, -0.2) is 5.12 Å². The average molecular weight is 385 g/mol. The summed E-state index contributed by atoms with van der Waals surface area (Å²) in [7, 11) is 3.48. The fourth-order valence-electron chi connectivity index (χ4n) is 3.06. The predicted molar refractivity (Wildman–Crippen MR) is 110 cm³/mol. The Hall–Kier alpha value is -1.69. The summed E-state index contributed by atoms with van der Waals surface area (Å²) < 4.78 is 1.09. The van der Waals surface area contributed by atoms with Crippen LogP contribution in [0.25, 0.3) is 11.1 Å². The third kappa shape index (κ3) is 3.01. The van der Waals surface area contributed by atoms with E-state index in [1.807, 2.05) is 30.3 Å². The second kappa shape index (κ2) is 6.24. The lowest BCUT2D eigenvalue weighted by atomic mass is 9.89. The lowest BCUT2D eigenvalue weighted by molar-refractivity contribution is 0.108. The van der Waals surface area contributed by atoms with Crippen molar-refractivity contribution in [2.24, 2.45) is 0 Å². The van der Waals surface area contributed by atoms with Crippen LogP contribution in [-0.2, 0) is 5.54 Å². The summed E-state index contributed by atoms with van der Waals surface area (Å²) in [6.45, 7) is 6.51. The van der Waals surface area contributed by atoms with E-state index < -0.39 is 0 Å². The molecule has 0 saturated heterocycles. The third-order valence-electron chi connectivity index (χ3n) is 4.29. The van der Waals surface area contributed by atoms with Crippen molar-refractivity contribution < 1.29 is 4.79 Å². The van der Waals surface area contributed by atoms with Gasteiger partial charge < -0.3 is 5.32 Å². The first kappa shape index (κ1) is 16.8. The van der Waals surface area contributed by atoms with Crippen molar-refractivity contribution in [1.82, 2.24) is 0 Å². The van der Waals surface area contributed by atoms with Gasteiger partial charge in [-0.3, -0.25) is 4.79 Å². The van der Waals surface area contributed by atoms with Crippen molar-refractivity contribution in [3.8, 4) is 11.1 Å². The second-order valence-electron chi connectivity index (χ2n) is 6.71. The van der Waals surface area contributed by atoms with Gasteiger partial charge >= 0.3 is 10.3 Å². The van der Waals surface area contributed by atoms with Gasteiger partial charge in [0.05, 0.1) is 11.1 Å². The molecule has 5 heteroatoms. The molecule has 0 unspecified atom stereocenters. The van der Waals surface area contributed by atoms with Crippen LogP contribution >= 0.6 is 32.4 Å². The molecule has 0 spiro atoms. The maximum Gasteiger partial charge on any atom is 0.309 e. The molecule has 1 N–H and O–H groups in total. The molecule has 0 radical (unpaired) electrons. The molecule has 1 aromatic heterocycles. The van der Waals surface area contributed by atoms with Gasteiger partial charge in [-0.25, -0.2) is 0 Å². The molecule has 0 amide bonds. The highest BCUT2D eigenvalue weighted by Gasteiger charge is 2.40. The van der Waals surface area contributed by atoms with Gasteiger partial charge in [0, 0.05) is 28.6 Å². The summed E-state index contributed by atoms with van der Waals surface area (Å²) in [4.78, 5) is 14.0. The summed E-state index contributed by atoms with van der Waals surface area (Å²) in [6, 6.07) is 16.0. The monoisotopic (exact) mass is 384 g/mol. The molecule has 0 fully saturated rings.